The number of rotatable bonds is 4. The van der Waals surface area contributed by atoms with Crippen LogP contribution in [0.5, 0.6) is 0 Å². The predicted octanol–water partition coefficient (Wildman–Crippen LogP) is 1.16. The maximum Gasteiger partial charge on any atom is 0.111 e. The lowest BCUT2D eigenvalue weighted by Gasteiger charge is -2.29. The SMILES string of the molecule is COC1(Cn2cncc2C2CCNCC2)CCOC1. The Bertz CT molecular complexity index is 407. The minimum absolute atomic E-state index is 0.164. The van der Waals surface area contributed by atoms with Crippen molar-refractivity contribution in [2.75, 3.05) is 33.4 Å². The van der Waals surface area contributed by atoms with E-state index in [2.05, 4.69) is 14.9 Å². The summed E-state index contributed by atoms with van der Waals surface area (Å²) in [6, 6.07) is 0. The molecule has 106 valence electrons. The quantitative estimate of drug-likeness (QED) is 0.887. The van der Waals surface area contributed by atoms with Crippen LogP contribution < -0.4 is 5.32 Å². The second-order valence-corrected chi connectivity index (χ2v) is 5.66. The standard InChI is InChI=1S/C14H23N3O2/c1-18-14(4-7-19-10-14)9-17-11-16-8-13(17)12-2-5-15-6-3-12/h8,11-12,15H,2-7,9-10H2,1H3. The normalized spacial score (nSPS) is 28.9. The Balaban J connectivity index is 1.75. The summed E-state index contributed by atoms with van der Waals surface area (Å²) in [4.78, 5) is 4.35. The number of aromatic nitrogens is 2. The summed E-state index contributed by atoms with van der Waals surface area (Å²) in [6.07, 6.45) is 7.32. The van der Waals surface area contributed by atoms with Gasteiger partial charge in [0.05, 0.1) is 19.5 Å². The Morgan fingerprint density at radius 3 is 3.05 bits per heavy atom. The molecular formula is C14H23N3O2. The van der Waals surface area contributed by atoms with Crippen molar-refractivity contribution in [2.45, 2.75) is 37.3 Å². The van der Waals surface area contributed by atoms with E-state index in [9.17, 15) is 0 Å². The summed E-state index contributed by atoms with van der Waals surface area (Å²) >= 11 is 0. The lowest BCUT2D eigenvalue weighted by molar-refractivity contribution is -0.0301. The van der Waals surface area contributed by atoms with Crippen LogP contribution in [0.2, 0.25) is 0 Å². The summed E-state index contributed by atoms with van der Waals surface area (Å²) in [5.41, 5.74) is 1.19. The highest BCUT2D eigenvalue weighted by molar-refractivity contribution is 5.09. The molecule has 2 aliphatic rings. The molecule has 0 bridgehead atoms. The molecule has 3 rings (SSSR count). The van der Waals surface area contributed by atoms with Crippen molar-refractivity contribution in [3.05, 3.63) is 18.2 Å². The van der Waals surface area contributed by atoms with Crippen LogP contribution in [0.25, 0.3) is 0 Å². The first-order valence-electron chi connectivity index (χ1n) is 7.17. The van der Waals surface area contributed by atoms with Crippen molar-refractivity contribution >= 4 is 0 Å². The Kier molecular flexibility index (Phi) is 3.86. The van der Waals surface area contributed by atoms with Crippen LogP contribution in [0.3, 0.4) is 0 Å². The molecule has 2 fully saturated rings. The molecule has 5 nitrogen and oxygen atoms in total. The van der Waals surface area contributed by atoms with Gasteiger partial charge in [0.1, 0.15) is 5.60 Å². The zero-order valence-electron chi connectivity index (χ0n) is 11.6. The lowest BCUT2D eigenvalue weighted by Crippen LogP contribution is -2.38. The molecule has 0 radical (unpaired) electrons. The fourth-order valence-corrected chi connectivity index (χ4v) is 3.17. The minimum Gasteiger partial charge on any atom is -0.378 e. The van der Waals surface area contributed by atoms with Crippen molar-refractivity contribution in [1.29, 1.82) is 0 Å². The highest BCUT2D eigenvalue weighted by Gasteiger charge is 2.36. The van der Waals surface area contributed by atoms with E-state index >= 15 is 0 Å². The summed E-state index contributed by atoms with van der Waals surface area (Å²) in [6.45, 7) is 4.55. The molecule has 1 atom stereocenters. The first kappa shape index (κ1) is 13.1. The van der Waals surface area contributed by atoms with Gasteiger partial charge in [-0.2, -0.15) is 0 Å². The maximum absolute atomic E-state index is 5.73. The third-order valence-corrected chi connectivity index (χ3v) is 4.46. The van der Waals surface area contributed by atoms with Gasteiger partial charge in [0.25, 0.3) is 0 Å². The zero-order chi connectivity index (χ0) is 13.1. The van der Waals surface area contributed by atoms with E-state index in [0.717, 1.165) is 32.7 Å². The van der Waals surface area contributed by atoms with Gasteiger partial charge in [0, 0.05) is 37.9 Å². The predicted molar refractivity (Wildman–Crippen MR) is 72.2 cm³/mol. The second-order valence-electron chi connectivity index (χ2n) is 5.66. The van der Waals surface area contributed by atoms with Gasteiger partial charge in [-0.1, -0.05) is 0 Å². The topological polar surface area (TPSA) is 48.3 Å². The maximum atomic E-state index is 5.73. The van der Waals surface area contributed by atoms with E-state index in [0.29, 0.717) is 12.5 Å². The summed E-state index contributed by atoms with van der Waals surface area (Å²) in [7, 11) is 1.79. The molecular weight excluding hydrogens is 242 g/mol. The second kappa shape index (κ2) is 5.61. The van der Waals surface area contributed by atoms with E-state index in [1.54, 1.807) is 7.11 Å². The Labute approximate surface area is 114 Å². The van der Waals surface area contributed by atoms with Gasteiger partial charge >= 0.3 is 0 Å². The number of imidazole rings is 1. The Morgan fingerprint density at radius 1 is 1.53 bits per heavy atom. The molecule has 0 spiro atoms. The van der Waals surface area contributed by atoms with Crippen LogP contribution in [0.4, 0.5) is 0 Å². The van der Waals surface area contributed by atoms with Gasteiger partial charge in [-0.15, -0.1) is 0 Å². The van der Waals surface area contributed by atoms with Crippen molar-refractivity contribution in [1.82, 2.24) is 14.9 Å². The molecule has 5 heteroatoms. The van der Waals surface area contributed by atoms with Crippen LogP contribution in [0, 0.1) is 0 Å². The van der Waals surface area contributed by atoms with Crippen LogP contribution in [0.1, 0.15) is 30.9 Å². The van der Waals surface area contributed by atoms with E-state index in [1.165, 1.54) is 18.5 Å². The number of methoxy groups -OCH3 is 1. The van der Waals surface area contributed by atoms with Crippen molar-refractivity contribution < 1.29 is 9.47 Å². The van der Waals surface area contributed by atoms with Gasteiger partial charge in [-0.05, 0) is 25.9 Å². The third kappa shape index (κ3) is 2.68. The smallest absolute Gasteiger partial charge is 0.111 e. The first-order chi connectivity index (χ1) is 9.33. The highest BCUT2D eigenvalue weighted by Crippen LogP contribution is 2.29. The molecule has 0 amide bonds. The molecule has 1 N–H and O–H groups in total. The molecule has 2 saturated heterocycles. The summed E-state index contributed by atoms with van der Waals surface area (Å²) < 4.78 is 13.5. The van der Waals surface area contributed by atoms with E-state index in [-0.39, 0.29) is 5.60 Å². The fourth-order valence-electron chi connectivity index (χ4n) is 3.17. The molecule has 1 aromatic rings. The molecule has 3 heterocycles. The zero-order valence-corrected chi connectivity index (χ0v) is 11.6. The van der Waals surface area contributed by atoms with Crippen molar-refractivity contribution in [3.8, 4) is 0 Å². The van der Waals surface area contributed by atoms with Gasteiger partial charge < -0.3 is 19.4 Å². The molecule has 1 unspecified atom stereocenters. The number of hydrogen-bond donors (Lipinski definition) is 1. The summed E-state index contributed by atoms with van der Waals surface area (Å²) in [5, 5.41) is 3.41. The monoisotopic (exact) mass is 265 g/mol. The van der Waals surface area contributed by atoms with Crippen LogP contribution in [-0.2, 0) is 16.0 Å². The van der Waals surface area contributed by atoms with Crippen molar-refractivity contribution in [3.63, 3.8) is 0 Å². The molecule has 0 saturated carbocycles. The van der Waals surface area contributed by atoms with Crippen LogP contribution in [-0.4, -0.2) is 48.6 Å². The fraction of sp³-hybridized carbons (Fsp3) is 0.786. The average molecular weight is 265 g/mol. The van der Waals surface area contributed by atoms with E-state index in [4.69, 9.17) is 9.47 Å². The van der Waals surface area contributed by atoms with Crippen LogP contribution in [0.15, 0.2) is 12.5 Å². The summed E-state index contributed by atoms with van der Waals surface area (Å²) in [5.74, 6) is 0.625. The number of hydrogen-bond acceptors (Lipinski definition) is 4. The van der Waals surface area contributed by atoms with Gasteiger partial charge in [-0.25, -0.2) is 4.98 Å². The molecule has 0 aromatic carbocycles. The van der Waals surface area contributed by atoms with E-state index in [1.807, 2.05) is 12.5 Å². The third-order valence-electron chi connectivity index (χ3n) is 4.46. The van der Waals surface area contributed by atoms with Gasteiger partial charge in [0.2, 0.25) is 0 Å². The molecule has 2 aliphatic heterocycles. The number of ether oxygens (including phenoxy) is 2. The minimum atomic E-state index is -0.164. The largest absolute Gasteiger partial charge is 0.378 e. The van der Waals surface area contributed by atoms with Crippen LogP contribution >= 0.6 is 0 Å². The number of nitrogens with zero attached hydrogens (tertiary/aromatic N) is 2. The van der Waals surface area contributed by atoms with Gasteiger partial charge in [-0.3, -0.25) is 0 Å². The first-order valence-corrected chi connectivity index (χ1v) is 7.17. The Morgan fingerprint density at radius 2 is 2.37 bits per heavy atom. The average Bonchev–Trinajstić information content (AvgIpc) is 3.10. The highest BCUT2D eigenvalue weighted by atomic mass is 16.5. The molecule has 1 aromatic heterocycles. The van der Waals surface area contributed by atoms with E-state index < -0.39 is 0 Å². The molecule has 0 aliphatic carbocycles. The molecule has 19 heavy (non-hydrogen) atoms. The number of piperidine rings is 1. The van der Waals surface area contributed by atoms with Crippen molar-refractivity contribution in [2.24, 2.45) is 0 Å². The lowest BCUT2D eigenvalue weighted by atomic mass is 9.94. The number of nitrogens with one attached hydrogen (secondary N) is 1. The Hall–Kier alpha value is -0.910. The van der Waals surface area contributed by atoms with Gasteiger partial charge in [0.15, 0.2) is 0 Å².